The molecule has 2 aliphatic heterocycles. The third-order valence-corrected chi connectivity index (χ3v) is 4.73. The quantitative estimate of drug-likeness (QED) is 0.877. The maximum Gasteiger partial charge on any atom is 0.224 e. The predicted molar refractivity (Wildman–Crippen MR) is 83.4 cm³/mol. The Morgan fingerprint density at radius 1 is 1.43 bits per heavy atom. The van der Waals surface area contributed by atoms with E-state index in [0.29, 0.717) is 0 Å². The largest absolute Gasteiger partial charge is 0.387 e. The van der Waals surface area contributed by atoms with Crippen molar-refractivity contribution >= 4 is 11.6 Å². The number of rotatable bonds is 2. The van der Waals surface area contributed by atoms with E-state index in [9.17, 15) is 9.90 Å². The van der Waals surface area contributed by atoms with Gasteiger partial charge in [0.25, 0.3) is 0 Å². The number of nitrogens with one attached hydrogen (secondary N) is 1. The van der Waals surface area contributed by atoms with Gasteiger partial charge in [0.15, 0.2) is 0 Å². The molecule has 1 aromatic carbocycles. The second-order valence-corrected chi connectivity index (χ2v) is 6.33. The molecular formula is C17H24N2O2. The highest BCUT2D eigenvalue weighted by Crippen LogP contribution is 2.35. The maximum atomic E-state index is 11.8. The summed E-state index contributed by atoms with van der Waals surface area (Å²) < 4.78 is 0. The minimum atomic E-state index is -0.461. The normalized spacial score (nSPS) is 26.5. The van der Waals surface area contributed by atoms with Crippen LogP contribution in [0.25, 0.3) is 0 Å². The summed E-state index contributed by atoms with van der Waals surface area (Å²) in [5.74, 6) is 0.0866. The Bertz CT molecular complexity index is 538. The van der Waals surface area contributed by atoms with Crippen LogP contribution in [0, 0.1) is 0 Å². The average molecular weight is 288 g/mol. The highest BCUT2D eigenvalue weighted by molar-refractivity contribution is 5.94. The maximum absolute atomic E-state index is 11.8. The standard InChI is InChI=1S/C17H24N2O2/c1-11-9-14-10-13(6-7-16(14)19(11)12(2)20)17(21)15-5-3-4-8-18-15/h6-7,10-11,15,17-18,21H,3-5,8-9H2,1-2H3. The van der Waals surface area contributed by atoms with E-state index in [1.807, 2.05) is 17.0 Å². The zero-order valence-corrected chi connectivity index (χ0v) is 12.8. The van der Waals surface area contributed by atoms with Crippen molar-refractivity contribution in [2.75, 3.05) is 11.4 Å². The Morgan fingerprint density at radius 3 is 2.90 bits per heavy atom. The van der Waals surface area contributed by atoms with Crippen LogP contribution in [0.5, 0.6) is 0 Å². The predicted octanol–water partition coefficient (Wildman–Crippen LogP) is 2.16. The van der Waals surface area contributed by atoms with Crippen LogP contribution in [-0.4, -0.2) is 29.6 Å². The third-order valence-electron chi connectivity index (χ3n) is 4.73. The lowest BCUT2D eigenvalue weighted by molar-refractivity contribution is -0.116. The fraction of sp³-hybridized carbons (Fsp3) is 0.588. The Balaban J connectivity index is 1.84. The van der Waals surface area contributed by atoms with E-state index < -0.39 is 6.10 Å². The molecule has 0 radical (unpaired) electrons. The molecule has 2 N–H and O–H groups in total. The van der Waals surface area contributed by atoms with Gasteiger partial charge in [-0.2, -0.15) is 0 Å². The number of aliphatic hydroxyl groups is 1. The number of anilines is 1. The molecular weight excluding hydrogens is 264 g/mol. The molecule has 3 rings (SSSR count). The summed E-state index contributed by atoms with van der Waals surface area (Å²) in [7, 11) is 0. The van der Waals surface area contributed by atoms with Gasteiger partial charge in [-0.15, -0.1) is 0 Å². The number of carbonyl (C=O) groups excluding carboxylic acids is 1. The molecule has 4 heteroatoms. The first-order chi connectivity index (χ1) is 10.1. The van der Waals surface area contributed by atoms with E-state index in [2.05, 4.69) is 18.3 Å². The van der Waals surface area contributed by atoms with Crippen molar-refractivity contribution in [3.05, 3.63) is 29.3 Å². The van der Waals surface area contributed by atoms with E-state index in [-0.39, 0.29) is 18.0 Å². The van der Waals surface area contributed by atoms with Gasteiger partial charge in [-0.25, -0.2) is 0 Å². The number of piperidine rings is 1. The molecule has 2 aliphatic rings. The fourth-order valence-electron chi connectivity index (χ4n) is 3.70. The summed E-state index contributed by atoms with van der Waals surface area (Å²) in [6.45, 7) is 4.67. The van der Waals surface area contributed by atoms with Gasteiger partial charge in [-0.1, -0.05) is 18.6 Å². The molecule has 4 nitrogen and oxygen atoms in total. The van der Waals surface area contributed by atoms with Crippen LogP contribution in [0.1, 0.15) is 50.3 Å². The van der Waals surface area contributed by atoms with Crippen LogP contribution in [0.15, 0.2) is 18.2 Å². The van der Waals surface area contributed by atoms with Gasteiger partial charge in [-0.3, -0.25) is 4.79 Å². The lowest BCUT2D eigenvalue weighted by Crippen LogP contribution is -2.38. The van der Waals surface area contributed by atoms with E-state index in [1.165, 1.54) is 18.4 Å². The molecule has 0 bridgehead atoms. The molecule has 3 atom stereocenters. The molecule has 21 heavy (non-hydrogen) atoms. The van der Waals surface area contributed by atoms with E-state index >= 15 is 0 Å². The van der Waals surface area contributed by atoms with Crippen molar-refractivity contribution < 1.29 is 9.90 Å². The number of hydrogen-bond acceptors (Lipinski definition) is 3. The Labute approximate surface area is 126 Å². The minimum absolute atomic E-state index is 0.0866. The van der Waals surface area contributed by atoms with Gasteiger partial charge in [0, 0.05) is 24.7 Å². The molecule has 0 aliphatic carbocycles. The number of hydrogen-bond donors (Lipinski definition) is 2. The Hall–Kier alpha value is -1.39. The van der Waals surface area contributed by atoms with Gasteiger partial charge < -0.3 is 15.3 Å². The summed E-state index contributed by atoms with van der Waals surface area (Å²) in [4.78, 5) is 13.6. The molecule has 0 saturated carbocycles. The van der Waals surface area contributed by atoms with E-state index in [4.69, 9.17) is 0 Å². The van der Waals surface area contributed by atoms with Crippen LogP contribution in [0.3, 0.4) is 0 Å². The summed E-state index contributed by atoms with van der Waals surface area (Å²) in [6.07, 6.45) is 3.80. The van der Waals surface area contributed by atoms with Gasteiger partial charge in [0.1, 0.15) is 0 Å². The monoisotopic (exact) mass is 288 g/mol. The highest BCUT2D eigenvalue weighted by Gasteiger charge is 2.30. The first-order valence-electron chi connectivity index (χ1n) is 7.92. The lowest BCUT2D eigenvalue weighted by atomic mass is 9.93. The van der Waals surface area contributed by atoms with Crippen LogP contribution < -0.4 is 10.2 Å². The molecule has 1 amide bonds. The smallest absolute Gasteiger partial charge is 0.224 e. The number of benzene rings is 1. The summed E-state index contributed by atoms with van der Waals surface area (Å²) in [5, 5.41) is 14.0. The number of fused-ring (bicyclic) bond motifs is 1. The van der Waals surface area contributed by atoms with Crippen molar-refractivity contribution in [2.24, 2.45) is 0 Å². The van der Waals surface area contributed by atoms with E-state index in [0.717, 1.165) is 30.6 Å². The lowest BCUT2D eigenvalue weighted by Gasteiger charge is -2.28. The Morgan fingerprint density at radius 2 is 2.24 bits per heavy atom. The SMILES string of the molecule is CC(=O)N1c2ccc(C(O)C3CCCCN3)cc2CC1C. The molecule has 0 spiro atoms. The van der Waals surface area contributed by atoms with E-state index in [1.54, 1.807) is 6.92 Å². The highest BCUT2D eigenvalue weighted by atomic mass is 16.3. The van der Waals surface area contributed by atoms with Crippen molar-refractivity contribution in [3.8, 4) is 0 Å². The first kappa shape index (κ1) is 14.5. The molecule has 1 aromatic rings. The second kappa shape index (κ2) is 5.78. The first-order valence-corrected chi connectivity index (χ1v) is 7.92. The van der Waals surface area contributed by atoms with Crippen molar-refractivity contribution in [1.29, 1.82) is 0 Å². The third kappa shape index (κ3) is 2.70. The van der Waals surface area contributed by atoms with Crippen molar-refractivity contribution in [1.82, 2.24) is 5.32 Å². The number of nitrogens with zero attached hydrogens (tertiary/aromatic N) is 1. The summed E-state index contributed by atoms with van der Waals surface area (Å²) in [5.41, 5.74) is 3.14. The Kier molecular flexibility index (Phi) is 4.00. The van der Waals surface area contributed by atoms with Crippen molar-refractivity contribution in [3.63, 3.8) is 0 Å². The summed E-state index contributed by atoms with van der Waals surface area (Å²) in [6, 6.07) is 6.39. The topological polar surface area (TPSA) is 52.6 Å². The zero-order chi connectivity index (χ0) is 15.0. The fourth-order valence-corrected chi connectivity index (χ4v) is 3.70. The zero-order valence-electron chi connectivity index (χ0n) is 12.8. The van der Waals surface area contributed by atoms with Gasteiger partial charge >= 0.3 is 0 Å². The van der Waals surface area contributed by atoms with Crippen LogP contribution >= 0.6 is 0 Å². The molecule has 3 unspecified atom stereocenters. The number of carbonyl (C=O) groups is 1. The van der Waals surface area contributed by atoms with Gasteiger partial charge in [-0.05, 0) is 49.9 Å². The molecule has 2 heterocycles. The minimum Gasteiger partial charge on any atom is -0.387 e. The molecule has 1 fully saturated rings. The van der Waals surface area contributed by atoms with Crippen LogP contribution in [0.4, 0.5) is 5.69 Å². The second-order valence-electron chi connectivity index (χ2n) is 6.33. The average Bonchev–Trinajstić information content (AvgIpc) is 2.82. The molecule has 114 valence electrons. The van der Waals surface area contributed by atoms with Gasteiger partial charge in [0.05, 0.1) is 6.10 Å². The number of amides is 1. The van der Waals surface area contributed by atoms with Gasteiger partial charge in [0.2, 0.25) is 5.91 Å². The van der Waals surface area contributed by atoms with Crippen LogP contribution in [-0.2, 0) is 11.2 Å². The molecule has 0 aromatic heterocycles. The van der Waals surface area contributed by atoms with Crippen LogP contribution in [0.2, 0.25) is 0 Å². The summed E-state index contributed by atoms with van der Waals surface area (Å²) >= 11 is 0. The molecule has 1 saturated heterocycles. The number of aliphatic hydroxyl groups excluding tert-OH is 1. The van der Waals surface area contributed by atoms with Crippen molar-refractivity contribution in [2.45, 2.75) is 57.7 Å².